The average molecular weight is 395 g/mol. The number of benzene rings is 3. The van der Waals surface area contributed by atoms with Crippen LogP contribution in [0.3, 0.4) is 0 Å². The van der Waals surface area contributed by atoms with Gasteiger partial charge in [-0.3, -0.25) is 9.59 Å². The van der Waals surface area contributed by atoms with E-state index in [9.17, 15) is 14.7 Å². The van der Waals surface area contributed by atoms with E-state index in [0.717, 1.165) is 5.56 Å². The van der Waals surface area contributed by atoms with Crippen molar-refractivity contribution >= 4 is 27.9 Å². The molecular formula is C25H17NO4. The molecule has 0 atom stereocenters. The maximum atomic E-state index is 13.4. The zero-order valence-electron chi connectivity index (χ0n) is 16.1. The van der Waals surface area contributed by atoms with Crippen molar-refractivity contribution in [2.45, 2.75) is 6.92 Å². The molecule has 5 heteroatoms. The number of aromatic nitrogens is 1. The van der Waals surface area contributed by atoms with Crippen molar-refractivity contribution in [1.82, 2.24) is 4.98 Å². The molecule has 0 radical (unpaired) electrons. The smallest absolute Gasteiger partial charge is 0.210 e. The van der Waals surface area contributed by atoms with Crippen LogP contribution >= 0.6 is 0 Å². The minimum Gasteiger partial charge on any atom is -0.507 e. The summed E-state index contributed by atoms with van der Waals surface area (Å²) in [5.41, 5.74) is 3.07. The maximum Gasteiger partial charge on any atom is 0.210 e. The van der Waals surface area contributed by atoms with Gasteiger partial charge in [-0.15, -0.1) is 0 Å². The lowest BCUT2D eigenvalue weighted by Crippen LogP contribution is -2.05. The van der Waals surface area contributed by atoms with E-state index in [-0.39, 0.29) is 44.7 Å². The third-order valence-corrected chi connectivity index (χ3v) is 5.24. The normalized spacial score (nSPS) is 11.2. The molecule has 2 aromatic heterocycles. The summed E-state index contributed by atoms with van der Waals surface area (Å²) in [5.74, 6) is -0.400. The van der Waals surface area contributed by atoms with Gasteiger partial charge in [0.1, 0.15) is 16.7 Å². The van der Waals surface area contributed by atoms with Gasteiger partial charge < -0.3 is 14.5 Å². The number of H-pyrrole nitrogens is 1. The second-order valence-electron chi connectivity index (χ2n) is 7.22. The number of carbonyl (C=O) groups excluding carboxylic acids is 1. The molecule has 2 heterocycles. The number of hydrogen-bond donors (Lipinski definition) is 2. The Labute approximate surface area is 171 Å². The third kappa shape index (κ3) is 2.71. The number of rotatable bonds is 3. The van der Waals surface area contributed by atoms with Gasteiger partial charge in [0.2, 0.25) is 16.9 Å². The summed E-state index contributed by atoms with van der Waals surface area (Å²) in [6.45, 7) is 1.95. The van der Waals surface area contributed by atoms with Gasteiger partial charge in [-0.25, -0.2) is 0 Å². The minimum atomic E-state index is -0.387. The molecule has 0 saturated carbocycles. The summed E-state index contributed by atoms with van der Waals surface area (Å²) in [6.07, 6.45) is 0. The summed E-state index contributed by atoms with van der Waals surface area (Å²) in [4.78, 5) is 29.8. The van der Waals surface area contributed by atoms with E-state index >= 15 is 0 Å². The molecule has 0 spiro atoms. The van der Waals surface area contributed by atoms with E-state index in [0.29, 0.717) is 16.7 Å². The van der Waals surface area contributed by atoms with Crippen LogP contribution in [-0.2, 0) is 0 Å². The van der Waals surface area contributed by atoms with Crippen LogP contribution < -0.4 is 5.43 Å². The van der Waals surface area contributed by atoms with E-state index in [1.807, 2.05) is 49.4 Å². The number of phenols is 1. The quantitative estimate of drug-likeness (QED) is 0.412. The second-order valence-corrected chi connectivity index (χ2v) is 7.22. The van der Waals surface area contributed by atoms with Gasteiger partial charge in [0, 0.05) is 11.1 Å². The first-order chi connectivity index (χ1) is 14.5. The lowest BCUT2D eigenvalue weighted by atomic mass is 9.97. The van der Waals surface area contributed by atoms with E-state index in [1.54, 1.807) is 24.3 Å². The number of aromatic amines is 1. The molecule has 2 N–H and O–H groups in total. The SMILES string of the molecule is Cc1ccc(C(=O)c2[nH]c3oc4cccc(O)c4c(=O)c3c2-c2ccccc2)cc1. The highest BCUT2D eigenvalue weighted by atomic mass is 16.3. The Kier molecular flexibility index (Phi) is 4.03. The summed E-state index contributed by atoms with van der Waals surface area (Å²) in [5, 5.41) is 10.6. The van der Waals surface area contributed by atoms with Crippen molar-refractivity contribution in [1.29, 1.82) is 0 Å². The molecule has 0 fully saturated rings. The summed E-state index contributed by atoms with van der Waals surface area (Å²) >= 11 is 0. The molecule has 5 nitrogen and oxygen atoms in total. The molecule has 30 heavy (non-hydrogen) atoms. The summed E-state index contributed by atoms with van der Waals surface area (Å²) in [6, 6.07) is 21.1. The third-order valence-electron chi connectivity index (χ3n) is 5.24. The molecule has 0 aliphatic carbocycles. The van der Waals surface area contributed by atoms with Crippen molar-refractivity contribution in [3.63, 3.8) is 0 Å². The molecule has 146 valence electrons. The van der Waals surface area contributed by atoms with Gasteiger partial charge in [-0.05, 0) is 24.6 Å². The molecule has 0 saturated heterocycles. The van der Waals surface area contributed by atoms with Crippen molar-refractivity contribution < 1.29 is 14.3 Å². The van der Waals surface area contributed by atoms with E-state index < -0.39 is 0 Å². The Bertz CT molecular complexity index is 1480. The highest BCUT2D eigenvalue weighted by molar-refractivity contribution is 6.17. The Balaban J connectivity index is 1.89. The number of phenolic OH excluding ortho intramolecular Hbond substituents is 1. The van der Waals surface area contributed by atoms with Crippen LogP contribution in [0.25, 0.3) is 33.2 Å². The highest BCUT2D eigenvalue weighted by Crippen LogP contribution is 2.35. The fourth-order valence-corrected chi connectivity index (χ4v) is 3.75. The Morgan fingerprint density at radius 2 is 1.63 bits per heavy atom. The number of nitrogens with one attached hydrogen (secondary N) is 1. The molecule has 0 amide bonds. The van der Waals surface area contributed by atoms with Crippen molar-refractivity contribution in [3.05, 3.63) is 99.8 Å². The topological polar surface area (TPSA) is 83.3 Å². The van der Waals surface area contributed by atoms with E-state index in [2.05, 4.69) is 4.98 Å². The molecule has 3 aromatic carbocycles. The largest absolute Gasteiger partial charge is 0.507 e. The van der Waals surface area contributed by atoms with Crippen LogP contribution in [0.4, 0.5) is 0 Å². The number of carbonyl (C=O) groups is 1. The number of ketones is 1. The van der Waals surface area contributed by atoms with Crippen LogP contribution in [0.2, 0.25) is 0 Å². The first-order valence-electron chi connectivity index (χ1n) is 9.52. The van der Waals surface area contributed by atoms with Gasteiger partial charge in [0.15, 0.2) is 0 Å². The molecule has 5 rings (SSSR count). The van der Waals surface area contributed by atoms with Gasteiger partial charge in [0.25, 0.3) is 0 Å². The zero-order valence-corrected chi connectivity index (χ0v) is 16.1. The predicted octanol–water partition coefficient (Wildman–Crippen LogP) is 5.19. The first-order valence-corrected chi connectivity index (χ1v) is 9.52. The molecule has 0 bridgehead atoms. The maximum absolute atomic E-state index is 13.4. The van der Waals surface area contributed by atoms with Crippen LogP contribution in [0, 0.1) is 6.92 Å². The molecule has 5 aromatic rings. The monoisotopic (exact) mass is 395 g/mol. The zero-order chi connectivity index (χ0) is 20.8. The van der Waals surface area contributed by atoms with Gasteiger partial charge in [-0.1, -0.05) is 66.2 Å². The fourth-order valence-electron chi connectivity index (χ4n) is 3.75. The average Bonchev–Trinajstić information content (AvgIpc) is 3.14. The van der Waals surface area contributed by atoms with Crippen LogP contribution in [0.15, 0.2) is 82.0 Å². The van der Waals surface area contributed by atoms with E-state index in [4.69, 9.17) is 4.42 Å². The number of aryl methyl sites for hydroxylation is 1. The number of hydrogen-bond acceptors (Lipinski definition) is 4. The fraction of sp³-hybridized carbons (Fsp3) is 0.0400. The molecule has 0 unspecified atom stereocenters. The van der Waals surface area contributed by atoms with Gasteiger partial charge in [-0.2, -0.15) is 0 Å². The predicted molar refractivity (Wildman–Crippen MR) is 116 cm³/mol. The Morgan fingerprint density at radius 1 is 0.900 bits per heavy atom. The molecule has 0 aliphatic heterocycles. The standard InChI is InChI=1S/C25H17NO4/c1-14-10-12-16(13-11-14)23(28)22-19(15-6-3-2-4-7-15)21-24(29)20-17(27)8-5-9-18(20)30-25(21)26-22/h2-13,26-27H,1H3. The molecule has 0 aliphatic rings. The van der Waals surface area contributed by atoms with Crippen molar-refractivity contribution in [2.75, 3.05) is 0 Å². The van der Waals surface area contributed by atoms with Crippen molar-refractivity contribution in [2.24, 2.45) is 0 Å². The Morgan fingerprint density at radius 3 is 2.37 bits per heavy atom. The number of fused-ring (bicyclic) bond motifs is 2. The Hall–Kier alpha value is -4.12. The minimum absolute atomic E-state index is 0.0931. The second kappa shape index (κ2) is 6.74. The van der Waals surface area contributed by atoms with Crippen LogP contribution in [-0.4, -0.2) is 15.9 Å². The summed E-state index contributed by atoms with van der Waals surface area (Å²) in [7, 11) is 0. The van der Waals surface area contributed by atoms with Crippen LogP contribution in [0.1, 0.15) is 21.6 Å². The highest BCUT2D eigenvalue weighted by Gasteiger charge is 2.25. The lowest BCUT2D eigenvalue weighted by Gasteiger charge is -2.05. The molecular weight excluding hydrogens is 378 g/mol. The lowest BCUT2D eigenvalue weighted by molar-refractivity contribution is 0.103. The summed E-state index contributed by atoms with van der Waals surface area (Å²) < 4.78 is 5.89. The number of aromatic hydroxyl groups is 1. The van der Waals surface area contributed by atoms with Crippen LogP contribution in [0.5, 0.6) is 5.75 Å². The van der Waals surface area contributed by atoms with E-state index in [1.165, 1.54) is 6.07 Å². The van der Waals surface area contributed by atoms with Gasteiger partial charge >= 0.3 is 0 Å². The first kappa shape index (κ1) is 17.9. The van der Waals surface area contributed by atoms with Crippen molar-refractivity contribution in [3.8, 4) is 16.9 Å². The van der Waals surface area contributed by atoms with Gasteiger partial charge in [0.05, 0.1) is 11.1 Å².